The summed E-state index contributed by atoms with van der Waals surface area (Å²) in [6, 6.07) is 7.62. The lowest BCUT2D eigenvalue weighted by Crippen LogP contribution is -1.89. The number of ether oxygens (including phenoxy) is 1. The van der Waals surface area contributed by atoms with Crippen molar-refractivity contribution in [2.45, 2.75) is 0 Å². The molecule has 76 valence electrons. The summed E-state index contributed by atoms with van der Waals surface area (Å²) in [6.45, 7) is 0. The van der Waals surface area contributed by atoms with Crippen molar-refractivity contribution in [1.82, 2.24) is 15.2 Å². The largest absolute Gasteiger partial charge is 0.496 e. The minimum absolute atomic E-state index is 0.473. The Morgan fingerprint density at radius 2 is 2.27 bits per heavy atom. The Bertz CT molecular complexity index is 450. The van der Waals surface area contributed by atoms with Crippen LogP contribution < -0.4 is 4.74 Å². The van der Waals surface area contributed by atoms with Crippen LogP contribution in [0.3, 0.4) is 0 Å². The maximum atomic E-state index is 5.18. The molecule has 1 aromatic heterocycles. The van der Waals surface area contributed by atoms with E-state index in [1.54, 1.807) is 13.3 Å². The summed E-state index contributed by atoms with van der Waals surface area (Å²) in [6.07, 6.45) is 3.09. The highest BCUT2D eigenvalue weighted by Gasteiger charge is 1.97. The van der Waals surface area contributed by atoms with Crippen LogP contribution in [0.1, 0.15) is 5.56 Å². The average Bonchev–Trinajstić information content (AvgIpc) is 2.79. The molecule has 0 aliphatic carbocycles. The molecule has 0 atom stereocenters. The Morgan fingerprint density at radius 3 is 3.00 bits per heavy atom. The molecule has 0 aliphatic heterocycles. The molecule has 0 spiro atoms. The summed E-state index contributed by atoms with van der Waals surface area (Å²) >= 11 is 0. The standard InChI is InChI=1S/C10H10N4O/c1-15-9-5-3-2-4-8(9)6-11-10-12-7-13-14-10/h2-7H,1H3,(H,12,13,14)/b11-6+. The Kier molecular flexibility index (Phi) is 2.73. The lowest BCUT2D eigenvalue weighted by Gasteiger charge is -2.01. The number of nitrogens with one attached hydrogen (secondary N) is 1. The van der Waals surface area contributed by atoms with Crippen LogP contribution in [0, 0.1) is 0 Å². The fourth-order valence-electron chi connectivity index (χ4n) is 1.16. The monoisotopic (exact) mass is 202 g/mol. The molecule has 0 unspecified atom stereocenters. The van der Waals surface area contributed by atoms with Crippen molar-refractivity contribution < 1.29 is 4.74 Å². The van der Waals surface area contributed by atoms with Crippen LogP contribution >= 0.6 is 0 Å². The van der Waals surface area contributed by atoms with Gasteiger partial charge in [0.15, 0.2) is 0 Å². The highest BCUT2D eigenvalue weighted by molar-refractivity contribution is 5.84. The maximum absolute atomic E-state index is 5.18. The first kappa shape index (κ1) is 9.39. The molecule has 5 nitrogen and oxygen atoms in total. The fourth-order valence-corrected chi connectivity index (χ4v) is 1.16. The van der Waals surface area contributed by atoms with E-state index in [0.717, 1.165) is 11.3 Å². The van der Waals surface area contributed by atoms with E-state index in [4.69, 9.17) is 4.74 Å². The van der Waals surface area contributed by atoms with Gasteiger partial charge < -0.3 is 4.74 Å². The third kappa shape index (κ3) is 2.19. The van der Waals surface area contributed by atoms with Crippen LogP contribution in [0.25, 0.3) is 0 Å². The molecule has 0 fully saturated rings. The number of benzene rings is 1. The molecular formula is C10H10N4O. The first-order chi connectivity index (χ1) is 7.40. The van der Waals surface area contributed by atoms with Gasteiger partial charge in [0.1, 0.15) is 12.1 Å². The smallest absolute Gasteiger partial charge is 0.245 e. The van der Waals surface area contributed by atoms with Gasteiger partial charge in [-0.15, -0.1) is 0 Å². The molecule has 2 rings (SSSR count). The van der Waals surface area contributed by atoms with Gasteiger partial charge in [0.05, 0.1) is 7.11 Å². The normalized spacial score (nSPS) is 10.7. The van der Waals surface area contributed by atoms with Gasteiger partial charge in [0.25, 0.3) is 0 Å². The molecule has 1 heterocycles. The highest BCUT2D eigenvalue weighted by atomic mass is 16.5. The number of aliphatic imine (C=N–C) groups is 1. The van der Waals surface area contributed by atoms with Crippen molar-refractivity contribution in [2.24, 2.45) is 4.99 Å². The van der Waals surface area contributed by atoms with Crippen LogP contribution in [-0.4, -0.2) is 28.5 Å². The van der Waals surface area contributed by atoms with Gasteiger partial charge in [-0.2, -0.15) is 10.1 Å². The van der Waals surface area contributed by atoms with E-state index < -0.39 is 0 Å². The zero-order valence-corrected chi connectivity index (χ0v) is 8.21. The Balaban J connectivity index is 2.24. The average molecular weight is 202 g/mol. The van der Waals surface area contributed by atoms with E-state index in [9.17, 15) is 0 Å². The summed E-state index contributed by atoms with van der Waals surface area (Å²) in [5.41, 5.74) is 0.899. The first-order valence-corrected chi connectivity index (χ1v) is 4.42. The van der Waals surface area contributed by atoms with Crippen LogP contribution in [-0.2, 0) is 0 Å². The second kappa shape index (κ2) is 4.36. The zero-order chi connectivity index (χ0) is 10.5. The SMILES string of the molecule is COc1ccccc1/C=N/c1ncn[nH]1. The summed E-state index contributed by atoms with van der Waals surface area (Å²) in [7, 11) is 1.63. The van der Waals surface area contributed by atoms with Crippen molar-refractivity contribution in [1.29, 1.82) is 0 Å². The molecule has 5 heteroatoms. The number of rotatable bonds is 3. The van der Waals surface area contributed by atoms with Crippen LogP contribution in [0.5, 0.6) is 5.75 Å². The van der Waals surface area contributed by atoms with E-state index in [1.165, 1.54) is 6.33 Å². The van der Waals surface area contributed by atoms with Gasteiger partial charge in [-0.1, -0.05) is 12.1 Å². The van der Waals surface area contributed by atoms with Gasteiger partial charge in [0, 0.05) is 11.8 Å². The Hall–Kier alpha value is -2.17. The lowest BCUT2D eigenvalue weighted by atomic mass is 10.2. The number of para-hydroxylation sites is 1. The van der Waals surface area contributed by atoms with Crippen molar-refractivity contribution in [3.05, 3.63) is 36.2 Å². The highest BCUT2D eigenvalue weighted by Crippen LogP contribution is 2.15. The molecule has 1 N–H and O–H groups in total. The van der Waals surface area contributed by atoms with Crippen molar-refractivity contribution in [2.75, 3.05) is 7.11 Å². The minimum Gasteiger partial charge on any atom is -0.496 e. The molecule has 0 saturated heterocycles. The number of nitrogens with zero attached hydrogens (tertiary/aromatic N) is 3. The van der Waals surface area contributed by atoms with Crippen LogP contribution in [0.2, 0.25) is 0 Å². The number of hydrogen-bond donors (Lipinski definition) is 1. The molecule has 15 heavy (non-hydrogen) atoms. The molecule has 2 aromatic rings. The number of aromatic amines is 1. The Morgan fingerprint density at radius 1 is 1.40 bits per heavy atom. The quantitative estimate of drug-likeness (QED) is 0.768. The van der Waals surface area contributed by atoms with Gasteiger partial charge in [-0.25, -0.2) is 10.1 Å². The van der Waals surface area contributed by atoms with Crippen molar-refractivity contribution in [3.8, 4) is 5.75 Å². The van der Waals surface area contributed by atoms with Crippen LogP contribution in [0.4, 0.5) is 5.95 Å². The molecular weight excluding hydrogens is 192 g/mol. The zero-order valence-electron chi connectivity index (χ0n) is 8.21. The van der Waals surface area contributed by atoms with Crippen molar-refractivity contribution >= 4 is 12.2 Å². The fraction of sp³-hybridized carbons (Fsp3) is 0.100. The predicted octanol–water partition coefficient (Wildman–Crippen LogP) is 1.56. The topological polar surface area (TPSA) is 63.2 Å². The van der Waals surface area contributed by atoms with E-state index in [-0.39, 0.29) is 0 Å². The summed E-state index contributed by atoms with van der Waals surface area (Å²) in [5, 5.41) is 6.34. The number of H-pyrrole nitrogens is 1. The molecule has 0 amide bonds. The predicted molar refractivity (Wildman–Crippen MR) is 56.6 cm³/mol. The van der Waals surface area contributed by atoms with E-state index in [2.05, 4.69) is 20.2 Å². The second-order valence-electron chi connectivity index (χ2n) is 2.81. The minimum atomic E-state index is 0.473. The summed E-state index contributed by atoms with van der Waals surface area (Å²) in [5.74, 6) is 1.25. The number of methoxy groups -OCH3 is 1. The molecule has 0 saturated carbocycles. The Labute approximate surface area is 86.8 Å². The van der Waals surface area contributed by atoms with Gasteiger partial charge in [0.2, 0.25) is 5.95 Å². The van der Waals surface area contributed by atoms with E-state index in [0.29, 0.717) is 5.95 Å². The second-order valence-corrected chi connectivity index (χ2v) is 2.81. The first-order valence-electron chi connectivity index (χ1n) is 4.42. The summed E-state index contributed by atoms with van der Waals surface area (Å²) in [4.78, 5) is 7.99. The van der Waals surface area contributed by atoms with Gasteiger partial charge >= 0.3 is 0 Å². The van der Waals surface area contributed by atoms with Crippen LogP contribution in [0.15, 0.2) is 35.6 Å². The van der Waals surface area contributed by atoms with Gasteiger partial charge in [-0.05, 0) is 12.1 Å². The molecule has 0 aliphatic rings. The van der Waals surface area contributed by atoms with Gasteiger partial charge in [-0.3, -0.25) is 0 Å². The third-order valence-electron chi connectivity index (χ3n) is 1.87. The molecule has 1 aromatic carbocycles. The lowest BCUT2D eigenvalue weighted by molar-refractivity contribution is 0.414. The number of hydrogen-bond acceptors (Lipinski definition) is 4. The summed E-state index contributed by atoms with van der Waals surface area (Å²) < 4.78 is 5.18. The van der Waals surface area contributed by atoms with E-state index >= 15 is 0 Å². The maximum Gasteiger partial charge on any atom is 0.245 e. The molecule has 0 radical (unpaired) electrons. The van der Waals surface area contributed by atoms with Crippen molar-refractivity contribution in [3.63, 3.8) is 0 Å². The third-order valence-corrected chi connectivity index (χ3v) is 1.87. The molecule has 0 bridgehead atoms. The number of aromatic nitrogens is 3. The van der Waals surface area contributed by atoms with E-state index in [1.807, 2.05) is 24.3 Å².